The summed E-state index contributed by atoms with van der Waals surface area (Å²) < 4.78 is 10.4. The molecule has 1 aliphatic rings. The van der Waals surface area contributed by atoms with Gasteiger partial charge in [-0.1, -0.05) is 0 Å². The van der Waals surface area contributed by atoms with Gasteiger partial charge in [0.2, 0.25) is 0 Å². The molecule has 182 valence electrons. The van der Waals surface area contributed by atoms with Crippen LogP contribution in [0.5, 0.6) is 5.75 Å². The van der Waals surface area contributed by atoms with Gasteiger partial charge in [-0.05, 0) is 0 Å². The molecule has 0 N–H and O–H groups in total. The molecule has 0 heterocycles. The zero-order valence-corrected chi connectivity index (χ0v) is 26.6. The maximum absolute atomic E-state index is 7.08. The first-order valence-corrected chi connectivity index (χ1v) is 16.9. The number of aryl methyl sites for hydroxylation is 1. The van der Waals surface area contributed by atoms with E-state index in [4.69, 9.17) is 3.32 Å². The van der Waals surface area contributed by atoms with E-state index >= 15 is 0 Å². The number of halogens is 2. The van der Waals surface area contributed by atoms with Gasteiger partial charge in [-0.2, -0.15) is 0 Å². The SMILES string of the molecule is CC[C](CC)=[Ti]([O]c1cc(C)cc([Si](C)(C)C(C)(C)C)c1)[C]1=C(C)C(C)=C(C)C1C.Cl.Cl. The van der Waals surface area contributed by atoms with E-state index in [0.717, 1.165) is 18.6 Å². The van der Waals surface area contributed by atoms with Crippen LogP contribution >= 0.6 is 24.8 Å². The molecule has 2 rings (SSSR count). The first-order chi connectivity index (χ1) is 13.8. The van der Waals surface area contributed by atoms with Crippen LogP contribution in [0.25, 0.3) is 0 Å². The maximum Gasteiger partial charge on any atom is -0.147 e. The van der Waals surface area contributed by atoms with E-state index in [2.05, 4.69) is 101 Å². The molecule has 1 atom stereocenters. The number of allylic oxidation sites excluding steroid dienone is 4. The average Bonchev–Trinajstić information content (AvgIpc) is 2.83. The van der Waals surface area contributed by atoms with Crippen molar-refractivity contribution in [3.63, 3.8) is 0 Å². The molecule has 1 aromatic carbocycles. The summed E-state index contributed by atoms with van der Waals surface area (Å²) in [5, 5.41) is 1.84. The van der Waals surface area contributed by atoms with Gasteiger partial charge < -0.3 is 0 Å². The van der Waals surface area contributed by atoms with Gasteiger partial charge in [0, 0.05) is 0 Å². The van der Waals surface area contributed by atoms with Gasteiger partial charge in [0.1, 0.15) is 0 Å². The summed E-state index contributed by atoms with van der Waals surface area (Å²) in [5.74, 6) is 1.64. The van der Waals surface area contributed by atoms with Crippen LogP contribution in [0.4, 0.5) is 0 Å². The largest absolute Gasteiger partial charge is 0.147 e. The van der Waals surface area contributed by atoms with Gasteiger partial charge in [0.05, 0.1) is 0 Å². The van der Waals surface area contributed by atoms with Crippen molar-refractivity contribution in [1.29, 1.82) is 0 Å². The summed E-state index contributed by atoms with van der Waals surface area (Å²) in [7, 11) is -1.61. The molecular formula is C27H46Cl2OSiTi. The third-order valence-corrected chi connectivity index (χ3v) is 18.2. The fourth-order valence-corrected chi connectivity index (χ4v) is 10.6. The monoisotopic (exact) mass is 532 g/mol. The topological polar surface area (TPSA) is 9.23 Å². The van der Waals surface area contributed by atoms with Crippen LogP contribution in [-0.4, -0.2) is 11.9 Å². The molecule has 1 aliphatic carbocycles. The zero-order valence-electron chi connectivity index (χ0n) is 22.4. The Hall–Kier alpha value is -0.119. The minimum Gasteiger partial charge on any atom is -0.147 e. The van der Waals surface area contributed by atoms with Gasteiger partial charge in [-0.3, -0.25) is 0 Å². The van der Waals surface area contributed by atoms with Gasteiger partial charge in [0.25, 0.3) is 0 Å². The van der Waals surface area contributed by atoms with Gasteiger partial charge >= 0.3 is 194 Å². The summed E-state index contributed by atoms with van der Waals surface area (Å²) in [4.78, 5) is 0. The molecule has 0 saturated carbocycles. The summed E-state index contributed by atoms with van der Waals surface area (Å²) in [5.41, 5.74) is 5.86. The molecular weight excluding hydrogens is 487 g/mol. The Labute approximate surface area is 218 Å². The zero-order chi connectivity index (χ0) is 23.0. The number of benzene rings is 1. The Morgan fingerprint density at radius 3 is 1.88 bits per heavy atom. The number of rotatable bonds is 6. The van der Waals surface area contributed by atoms with E-state index in [1.165, 1.54) is 27.5 Å². The molecule has 1 nitrogen and oxygen atoms in total. The molecule has 0 aliphatic heterocycles. The molecule has 5 heteroatoms. The third-order valence-electron chi connectivity index (χ3n) is 7.93. The minimum atomic E-state index is -2.04. The van der Waals surface area contributed by atoms with E-state index in [9.17, 15) is 0 Å². The molecule has 1 aromatic rings. The second kappa shape index (κ2) is 12.0. The third kappa shape index (κ3) is 6.30. The van der Waals surface area contributed by atoms with Crippen LogP contribution in [-0.2, 0) is 17.8 Å². The van der Waals surface area contributed by atoms with Crippen LogP contribution in [0.2, 0.25) is 18.1 Å². The van der Waals surface area contributed by atoms with Gasteiger partial charge in [-0.25, -0.2) is 0 Å². The van der Waals surface area contributed by atoms with Crippen molar-refractivity contribution in [3.05, 3.63) is 44.4 Å². The van der Waals surface area contributed by atoms with E-state index in [0.29, 0.717) is 11.0 Å². The normalized spacial score (nSPS) is 16.6. The molecule has 0 aromatic heterocycles. The fraction of sp³-hybridized carbons (Fsp3) is 0.593. The van der Waals surface area contributed by atoms with Crippen molar-refractivity contribution in [2.75, 3.05) is 0 Å². The minimum absolute atomic E-state index is 0. The summed E-state index contributed by atoms with van der Waals surface area (Å²) in [6, 6.07) is 7.07. The van der Waals surface area contributed by atoms with Crippen LogP contribution in [0.3, 0.4) is 0 Å². The second-order valence-electron chi connectivity index (χ2n) is 10.7. The number of hydrogen-bond acceptors (Lipinski definition) is 1. The molecule has 0 spiro atoms. The van der Waals surface area contributed by atoms with Crippen molar-refractivity contribution >= 4 is 41.9 Å². The van der Waals surface area contributed by atoms with E-state index < -0.39 is 25.9 Å². The number of hydrogen-bond donors (Lipinski definition) is 0. The standard InChI is InChI=1S/C13H22OSi.C9H13.C5H10.2ClH.Ti/c1-10-7-11(14)9-12(8-10)15(5,6)13(2,3)4;1-6-5-7(2)9(4)8(6)3;1-3-5-4-2;;;/h7-9,14H,1-6H3;6H,1-4H3;3-4H2,1-2H3;2*1H;/q;;;;;+1/p-1. The molecule has 0 radical (unpaired) electrons. The molecule has 0 saturated heterocycles. The average molecular weight is 534 g/mol. The van der Waals surface area contributed by atoms with Crippen molar-refractivity contribution in [1.82, 2.24) is 0 Å². The Balaban J connectivity index is 0.00000480. The molecule has 1 unspecified atom stereocenters. The molecule has 0 amide bonds. The van der Waals surface area contributed by atoms with E-state index in [1.807, 2.05) is 0 Å². The maximum atomic E-state index is 7.08. The van der Waals surface area contributed by atoms with Gasteiger partial charge in [-0.15, -0.1) is 24.8 Å². The van der Waals surface area contributed by atoms with Crippen molar-refractivity contribution in [2.24, 2.45) is 5.92 Å². The van der Waals surface area contributed by atoms with Crippen LogP contribution < -0.4 is 8.51 Å². The Bertz CT molecular complexity index is 914. The Kier molecular flexibility index (Phi) is 12.0. The van der Waals surface area contributed by atoms with Gasteiger partial charge in [0.15, 0.2) is 0 Å². The smallest absolute Gasteiger partial charge is 0.147 e. The fourth-order valence-electron chi connectivity index (χ4n) is 4.34. The quantitative estimate of drug-likeness (QED) is 0.332. The van der Waals surface area contributed by atoms with Crippen LogP contribution in [0, 0.1) is 12.8 Å². The second-order valence-corrected chi connectivity index (χ2v) is 19.3. The Morgan fingerprint density at radius 1 is 0.938 bits per heavy atom. The summed E-state index contributed by atoms with van der Waals surface area (Å²) >= 11 is -2.04. The van der Waals surface area contributed by atoms with Crippen LogP contribution in [0.1, 0.15) is 80.7 Å². The van der Waals surface area contributed by atoms with E-state index in [-0.39, 0.29) is 24.8 Å². The van der Waals surface area contributed by atoms with Crippen LogP contribution in [0.15, 0.2) is 38.8 Å². The van der Waals surface area contributed by atoms with Crippen molar-refractivity contribution in [3.8, 4) is 5.75 Å². The molecule has 0 bridgehead atoms. The first-order valence-electron chi connectivity index (χ1n) is 11.7. The summed E-state index contributed by atoms with van der Waals surface area (Å²) in [6.45, 7) is 28.4. The van der Waals surface area contributed by atoms with Crippen molar-refractivity contribution in [2.45, 2.75) is 100 Å². The Morgan fingerprint density at radius 2 is 1.47 bits per heavy atom. The predicted molar refractivity (Wildman–Crippen MR) is 149 cm³/mol. The summed E-state index contributed by atoms with van der Waals surface area (Å²) in [6.07, 6.45) is 2.27. The molecule has 0 fully saturated rings. The van der Waals surface area contributed by atoms with Crippen molar-refractivity contribution < 1.29 is 21.1 Å². The predicted octanol–water partition coefficient (Wildman–Crippen LogP) is 8.72. The first kappa shape index (κ1) is 31.9. The van der Waals surface area contributed by atoms with E-state index in [1.54, 1.807) is 7.69 Å². The molecule has 32 heavy (non-hydrogen) atoms.